The number of unbranched alkanes of at least 4 members (excludes halogenated alkanes) is 1. The number of anilines is 1. The molecule has 1 aromatic carbocycles. The third-order valence-corrected chi connectivity index (χ3v) is 4.75. The summed E-state index contributed by atoms with van der Waals surface area (Å²) >= 11 is 0. The third kappa shape index (κ3) is 5.36. The quantitative estimate of drug-likeness (QED) is 0.742. The van der Waals surface area contributed by atoms with E-state index in [1.165, 1.54) is 18.0 Å². The molecule has 0 radical (unpaired) electrons. The highest BCUT2D eigenvalue weighted by atomic mass is 16.5. The van der Waals surface area contributed by atoms with Crippen LogP contribution < -0.4 is 10.1 Å². The van der Waals surface area contributed by atoms with E-state index >= 15 is 0 Å². The number of carbonyl (C=O) groups is 1. The van der Waals surface area contributed by atoms with Crippen molar-refractivity contribution in [2.45, 2.75) is 33.1 Å². The molecule has 1 unspecified atom stereocenters. The van der Waals surface area contributed by atoms with Crippen LogP contribution in [0, 0.1) is 5.92 Å². The zero-order chi connectivity index (χ0) is 19.1. The van der Waals surface area contributed by atoms with Crippen LogP contribution in [0.4, 0.5) is 10.5 Å². The summed E-state index contributed by atoms with van der Waals surface area (Å²) in [6.07, 6.45) is 8.20. The molecular formula is C21H27N3O3. The number of nitrogens with one attached hydrogen (secondary N) is 1. The van der Waals surface area contributed by atoms with Gasteiger partial charge in [-0.1, -0.05) is 49.2 Å². The molecule has 6 nitrogen and oxygen atoms in total. The van der Waals surface area contributed by atoms with Crippen LogP contribution in [0.3, 0.4) is 0 Å². The number of nitrogens with zero attached hydrogens (tertiary/aromatic N) is 2. The maximum absolute atomic E-state index is 12.4. The summed E-state index contributed by atoms with van der Waals surface area (Å²) in [7, 11) is 0. The highest BCUT2D eigenvalue weighted by Crippen LogP contribution is 2.26. The monoisotopic (exact) mass is 369 g/mol. The molecule has 0 spiro atoms. The van der Waals surface area contributed by atoms with Gasteiger partial charge in [0.15, 0.2) is 0 Å². The lowest BCUT2D eigenvalue weighted by Crippen LogP contribution is -2.42. The predicted molar refractivity (Wildman–Crippen MR) is 106 cm³/mol. The van der Waals surface area contributed by atoms with Gasteiger partial charge in [-0.05, 0) is 36.5 Å². The van der Waals surface area contributed by atoms with Crippen LogP contribution in [0.25, 0.3) is 6.08 Å². The molecule has 1 aromatic heterocycles. The lowest BCUT2D eigenvalue weighted by atomic mass is 9.91. The van der Waals surface area contributed by atoms with Gasteiger partial charge < -0.3 is 19.5 Å². The Morgan fingerprint density at radius 1 is 1.48 bits per heavy atom. The second kappa shape index (κ2) is 9.26. The first-order valence-electron chi connectivity index (χ1n) is 9.54. The minimum Gasteiger partial charge on any atom is -0.494 e. The minimum atomic E-state index is -0.115. The Morgan fingerprint density at radius 3 is 3.11 bits per heavy atom. The number of piperidine rings is 1. The molecule has 0 aliphatic carbocycles. The summed E-state index contributed by atoms with van der Waals surface area (Å²) in [4.78, 5) is 14.2. The Labute approximate surface area is 160 Å². The summed E-state index contributed by atoms with van der Waals surface area (Å²) in [5.74, 6) is 1.22. The lowest BCUT2D eigenvalue weighted by molar-refractivity contribution is 0.198. The number of likely N-dealkylation sites (tertiary alicyclic amines) is 1. The predicted octanol–water partition coefficient (Wildman–Crippen LogP) is 4.81. The van der Waals surface area contributed by atoms with E-state index in [2.05, 4.69) is 42.5 Å². The molecule has 1 atom stereocenters. The van der Waals surface area contributed by atoms with Gasteiger partial charge in [0.1, 0.15) is 17.7 Å². The summed E-state index contributed by atoms with van der Waals surface area (Å²) in [5, 5.41) is 6.40. The smallest absolute Gasteiger partial charge is 0.322 e. The average molecular weight is 369 g/mol. The molecular weight excluding hydrogens is 342 g/mol. The molecule has 1 saturated heterocycles. The number of urea groups is 1. The molecule has 2 aromatic rings. The number of hydrogen-bond acceptors (Lipinski definition) is 4. The first-order chi connectivity index (χ1) is 13.2. The van der Waals surface area contributed by atoms with E-state index in [1.54, 1.807) is 0 Å². The number of ether oxygens (including phenoxy) is 1. The molecule has 1 fully saturated rings. The van der Waals surface area contributed by atoms with E-state index in [1.807, 2.05) is 17.0 Å². The van der Waals surface area contributed by atoms with Crippen molar-refractivity contribution in [1.29, 1.82) is 0 Å². The number of rotatable bonds is 6. The van der Waals surface area contributed by atoms with Crippen LogP contribution in [0.5, 0.6) is 5.75 Å². The van der Waals surface area contributed by atoms with Gasteiger partial charge in [-0.3, -0.25) is 0 Å². The van der Waals surface area contributed by atoms with Crippen molar-refractivity contribution >= 4 is 17.8 Å². The highest BCUT2D eigenvalue weighted by Gasteiger charge is 2.24. The number of hydrogen-bond donors (Lipinski definition) is 1. The third-order valence-electron chi connectivity index (χ3n) is 4.75. The van der Waals surface area contributed by atoms with Gasteiger partial charge in [-0.25, -0.2) is 4.79 Å². The summed E-state index contributed by atoms with van der Waals surface area (Å²) in [6, 6.07) is 8.09. The summed E-state index contributed by atoms with van der Waals surface area (Å²) in [6.45, 7) is 6.45. The number of aromatic nitrogens is 1. The van der Waals surface area contributed by atoms with Crippen LogP contribution in [-0.4, -0.2) is 35.8 Å². The Balaban J connectivity index is 1.59. The first kappa shape index (κ1) is 19.0. The van der Waals surface area contributed by atoms with Crippen molar-refractivity contribution in [3.05, 3.63) is 47.9 Å². The second-order valence-corrected chi connectivity index (χ2v) is 6.93. The Hall–Kier alpha value is -2.76. The molecule has 1 aliphatic heterocycles. The van der Waals surface area contributed by atoms with Gasteiger partial charge in [-0.15, -0.1) is 0 Å². The number of benzene rings is 1. The van der Waals surface area contributed by atoms with Crippen LogP contribution in [0.1, 0.15) is 38.7 Å². The van der Waals surface area contributed by atoms with Crippen LogP contribution in [0.2, 0.25) is 0 Å². The van der Waals surface area contributed by atoms with Gasteiger partial charge in [0.2, 0.25) is 0 Å². The SMILES string of the molecule is CCCCOc1cccc(C=C2CCN(C(=O)Nc3cnoc3)CC2C)c1. The van der Waals surface area contributed by atoms with Gasteiger partial charge in [-0.2, -0.15) is 0 Å². The van der Waals surface area contributed by atoms with Crippen molar-refractivity contribution in [3.63, 3.8) is 0 Å². The zero-order valence-corrected chi connectivity index (χ0v) is 16.0. The minimum absolute atomic E-state index is 0.115. The number of carbonyl (C=O) groups excluding carboxylic acids is 1. The standard InChI is InChI=1S/C21H27N3O3/c1-3-4-10-26-20-7-5-6-17(12-20)11-18-8-9-24(14-16(18)2)21(25)23-19-13-22-27-15-19/h5-7,11-13,15-16H,3-4,8-10,14H2,1-2H3,(H,23,25). The number of amides is 2. The molecule has 6 heteroatoms. The fourth-order valence-corrected chi connectivity index (χ4v) is 3.16. The molecule has 2 heterocycles. The fourth-order valence-electron chi connectivity index (χ4n) is 3.16. The van der Waals surface area contributed by atoms with Crippen molar-refractivity contribution in [2.75, 3.05) is 25.0 Å². The van der Waals surface area contributed by atoms with Crippen LogP contribution in [-0.2, 0) is 0 Å². The fraction of sp³-hybridized carbons (Fsp3) is 0.429. The molecule has 0 bridgehead atoms. The second-order valence-electron chi connectivity index (χ2n) is 6.93. The van der Waals surface area contributed by atoms with E-state index in [0.29, 0.717) is 24.7 Å². The van der Waals surface area contributed by atoms with E-state index in [9.17, 15) is 4.79 Å². The summed E-state index contributed by atoms with van der Waals surface area (Å²) in [5.41, 5.74) is 3.08. The maximum Gasteiger partial charge on any atom is 0.322 e. The van der Waals surface area contributed by atoms with Gasteiger partial charge in [0.05, 0.1) is 12.8 Å². The van der Waals surface area contributed by atoms with Crippen LogP contribution >= 0.6 is 0 Å². The topological polar surface area (TPSA) is 67.6 Å². The molecule has 3 rings (SSSR count). The molecule has 1 aliphatic rings. The van der Waals surface area contributed by atoms with Gasteiger partial charge in [0.25, 0.3) is 0 Å². The lowest BCUT2D eigenvalue weighted by Gasteiger charge is -2.33. The van der Waals surface area contributed by atoms with Crippen LogP contribution in [0.15, 0.2) is 46.8 Å². The Kier molecular flexibility index (Phi) is 6.52. The van der Waals surface area contributed by atoms with E-state index in [4.69, 9.17) is 9.26 Å². The van der Waals surface area contributed by atoms with Crippen molar-refractivity contribution < 1.29 is 14.1 Å². The van der Waals surface area contributed by atoms with Gasteiger partial charge >= 0.3 is 6.03 Å². The normalized spacial score (nSPS) is 18.5. The Morgan fingerprint density at radius 2 is 2.37 bits per heavy atom. The van der Waals surface area contributed by atoms with Crippen molar-refractivity contribution in [3.8, 4) is 5.75 Å². The van der Waals surface area contributed by atoms with E-state index in [-0.39, 0.29) is 6.03 Å². The van der Waals surface area contributed by atoms with Crippen molar-refractivity contribution in [1.82, 2.24) is 10.1 Å². The van der Waals surface area contributed by atoms with Crippen molar-refractivity contribution in [2.24, 2.45) is 5.92 Å². The molecule has 27 heavy (non-hydrogen) atoms. The summed E-state index contributed by atoms with van der Waals surface area (Å²) < 4.78 is 10.5. The highest BCUT2D eigenvalue weighted by molar-refractivity contribution is 5.89. The molecule has 0 saturated carbocycles. The zero-order valence-electron chi connectivity index (χ0n) is 16.0. The van der Waals surface area contributed by atoms with E-state index < -0.39 is 0 Å². The molecule has 144 valence electrons. The largest absolute Gasteiger partial charge is 0.494 e. The first-order valence-corrected chi connectivity index (χ1v) is 9.54. The maximum atomic E-state index is 12.4. The Bertz CT molecular complexity index is 771. The molecule has 1 N–H and O–H groups in total. The van der Waals surface area contributed by atoms with E-state index in [0.717, 1.165) is 37.2 Å². The van der Waals surface area contributed by atoms with Gasteiger partial charge in [0, 0.05) is 13.1 Å². The average Bonchev–Trinajstić information content (AvgIpc) is 3.17. The molecule has 2 amide bonds.